The standard InChI is InChI=1S/C23H24O2/c1-25-21-15-12-18(13-16-21)14-17-22(19-8-4-2-5-9-19)23(24)20-10-6-3-7-11-20/h2-13,15-16,22-24H,14,17H2,1H3. The lowest BCUT2D eigenvalue weighted by Gasteiger charge is -2.24. The monoisotopic (exact) mass is 332 g/mol. The molecule has 0 aliphatic carbocycles. The molecule has 2 nitrogen and oxygen atoms in total. The highest BCUT2D eigenvalue weighted by Gasteiger charge is 2.22. The maximum Gasteiger partial charge on any atom is 0.118 e. The summed E-state index contributed by atoms with van der Waals surface area (Å²) >= 11 is 0. The minimum absolute atomic E-state index is 0.0608. The average Bonchev–Trinajstić information content (AvgIpc) is 2.70. The second-order valence-electron chi connectivity index (χ2n) is 6.26. The second-order valence-corrected chi connectivity index (χ2v) is 6.26. The van der Waals surface area contributed by atoms with Crippen molar-refractivity contribution in [3.05, 3.63) is 102 Å². The van der Waals surface area contributed by atoms with Gasteiger partial charge in [0.15, 0.2) is 0 Å². The van der Waals surface area contributed by atoms with Gasteiger partial charge in [-0.3, -0.25) is 0 Å². The van der Waals surface area contributed by atoms with E-state index in [-0.39, 0.29) is 5.92 Å². The number of rotatable bonds is 7. The number of methoxy groups -OCH3 is 1. The lowest BCUT2D eigenvalue weighted by molar-refractivity contribution is 0.140. The molecule has 0 aliphatic rings. The molecule has 0 saturated heterocycles. The Balaban J connectivity index is 1.79. The smallest absolute Gasteiger partial charge is 0.118 e. The summed E-state index contributed by atoms with van der Waals surface area (Å²) in [6.45, 7) is 0. The number of ether oxygens (including phenoxy) is 1. The Morgan fingerprint density at radius 3 is 1.88 bits per heavy atom. The van der Waals surface area contributed by atoms with Crippen LogP contribution in [0.1, 0.15) is 35.1 Å². The summed E-state index contributed by atoms with van der Waals surface area (Å²) in [6, 6.07) is 28.4. The fraction of sp³-hybridized carbons (Fsp3) is 0.217. The fourth-order valence-corrected chi connectivity index (χ4v) is 3.20. The molecule has 0 bridgehead atoms. The van der Waals surface area contributed by atoms with E-state index >= 15 is 0 Å². The van der Waals surface area contributed by atoms with Crippen LogP contribution in [0.2, 0.25) is 0 Å². The topological polar surface area (TPSA) is 29.5 Å². The third-order valence-electron chi connectivity index (χ3n) is 4.65. The van der Waals surface area contributed by atoms with Crippen LogP contribution in [-0.4, -0.2) is 12.2 Å². The SMILES string of the molecule is COc1ccc(CCC(c2ccccc2)C(O)c2ccccc2)cc1. The maximum absolute atomic E-state index is 11.0. The van der Waals surface area contributed by atoms with Crippen LogP contribution in [0, 0.1) is 0 Å². The zero-order valence-corrected chi connectivity index (χ0v) is 14.5. The largest absolute Gasteiger partial charge is 0.497 e. The van der Waals surface area contributed by atoms with E-state index in [9.17, 15) is 5.11 Å². The second kappa shape index (κ2) is 8.50. The number of aryl methyl sites for hydroxylation is 1. The third-order valence-corrected chi connectivity index (χ3v) is 4.65. The predicted octanol–water partition coefficient (Wildman–Crippen LogP) is 5.15. The summed E-state index contributed by atoms with van der Waals surface area (Å²) < 4.78 is 5.22. The predicted molar refractivity (Wildman–Crippen MR) is 102 cm³/mol. The molecular formula is C23H24O2. The van der Waals surface area contributed by atoms with Gasteiger partial charge in [-0.15, -0.1) is 0 Å². The van der Waals surface area contributed by atoms with E-state index in [4.69, 9.17) is 4.74 Å². The molecule has 0 amide bonds. The van der Waals surface area contributed by atoms with Gasteiger partial charge < -0.3 is 9.84 Å². The summed E-state index contributed by atoms with van der Waals surface area (Å²) in [7, 11) is 1.68. The minimum Gasteiger partial charge on any atom is -0.497 e. The van der Waals surface area contributed by atoms with E-state index in [0.29, 0.717) is 0 Å². The molecule has 3 aromatic rings. The van der Waals surface area contributed by atoms with Crippen LogP contribution in [-0.2, 0) is 6.42 Å². The Morgan fingerprint density at radius 1 is 0.760 bits per heavy atom. The van der Waals surface area contributed by atoms with Gasteiger partial charge in [0.25, 0.3) is 0 Å². The van der Waals surface area contributed by atoms with Crippen molar-refractivity contribution in [1.29, 1.82) is 0 Å². The Hall–Kier alpha value is -2.58. The van der Waals surface area contributed by atoms with Crippen LogP contribution in [0.15, 0.2) is 84.9 Å². The van der Waals surface area contributed by atoms with Gasteiger partial charge in [-0.1, -0.05) is 72.8 Å². The Kier molecular flexibility index (Phi) is 5.86. The van der Waals surface area contributed by atoms with Crippen molar-refractivity contribution >= 4 is 0 Å². The molecule has 128 valence electrons. The van der Waals surface area contributed by atoms with Crippen LogP contribution in [0.25, 0.3) is 0 Å². The van der Waals surface area contributed by atoms with Crippen LogP contribution in [0.5, 0.6) is 5.75 Å². The highest BCUT2D eigenvalue weighted by Crippen LogP contribution is 2.34. The van der Waals surface area contributed by atoms with Crippen LogP contribution >= 0.6 is 0 Å². The minimum atomic E-state index is -0.512. The quantitative estimate of drug-likeness (QED) is 0.649. The van der Waals surface area contributed by atoms with Crippen LogP contribution in [0.3, 0.4) is 0 Å². The Labute approximate surface area is 149 Å². The average molecular weight is 332 g/mol. The third kappa shape index (κ3) is 4.49. The maximum atomic E-state index is 11.0. The molecule has 3 aromatic carbocycles. The van der Waals surface area contributed by atoms with Gasteiger partial charge in [-0.05, 0) is 41.7 Å². The molecule has 0 aliphatic heterocycles. The molecular weight excluding hydrogens is 308 g/mol. The van der Waals surface area contributed by atoms with Gasteiger partial charge in [0, 0.05) is 5.92 Å². The first-order chi connectivity index (χ1) is 12.3. The Morgan fingerprint density at radius 2 is 1.32 bits per heavy atom. The molecule has 0 fully saturated rings. The number of aliphatic hydroxyl groups excluding tert-OH is 1. The highest BCUT2D eigenvalue weighted by atomic mass is 16.5. The van der Waals surface area contributed by atoms with Gasteiger partial charge in [-0.25, -0.2) is 0 Å². The molecule has 0 radical (unpaired) electrons. The van der Waals surface area contributed by atoms with Gasteiger partial charge in [0.2, 0.25) is 0 Å². The van der Waals surface area contributed by atoms with Gasteiger partial charge in [0.05, 0.1) is 13.2 Å². The van der Waals surface area contributed by atoms with Crippen molar-refractivity contribution in [2.75, 3.05) is 7.11 Å². The van der Waals surface area contributed by atoms with Gasteiger partial charge >= 0.3 is 0 Å². The van der Waals surface area contributed by atoms with E-state index in [1.54, 1.807) is 7.11 Å². The molecule has 0 aromatic heterocycles. The Bertz CT molecular complexity index is 751. The zero-order chi connectivity index (χ0) is 17.5. The van der Waals surface area contributed by atoms with Gasteiger partial charge in [0.1, 0.15) is 5.75 Å². The molecule has 2 unspecified atom stereocenters. The molecule has 2 heteroatoms. The van der Waals surface area contributed by atoms with Crippen molar-refractivity contribution in [3.8, 4) is 5.75 Å². The summed E-state index contributed by atoms with van der Waals surface area (Å²) in [4.78, 5) is 0. The molecule has 0 heterocycles. The summed E-state index contributed by atoms with van der Waals surface area (Å²) in [5.41, 5.74) is 3.39. The molecule has 0 spiro atoms. The number of aliphatic hydroxyl groups is 1. The number of hydrogen-bond acceptors (Lipinski definition) is 2. The first-order valence-corrected chi connectivity index (χ1v) is 8.69. The van der Waals surface area contributed by atoms with Crippen molar-refractivity contribution in [2.45, 2.75) is 24.9 Å². The lowest BCUT2D eigenvalue weighted by atomic mass is 9.85. The zero-order valence-electron chi connectivity index (χ0n) is 14.5. The number of hydrogen-bond donors (Lipinski definition) is 1. The van der Waals surface area contributed by atoms with Crippen molar-refractivity contribution < 1.29 is 9.84 Å². The first-order valence-electron chi connectivity index (χ1n) is 8.69. The summed E-state index contributed by atoms with van der Waals surface area (Å²) in [5.74, 6) is 0.929. The van der Waals surface area contributed by atoms with E-state index in [1.807, 2.05) is 60.7 Å². The van der Waals surface area contributed by atoms with E-state index in [1.165, 1.54) is 11.1 Å². The summed E-state index contributed by atoms with van der Waals surface area (Å²) in [6.07, 6.45) is 1.28. The summed E-state index contributed by atoms with van der Waals surface area (Å²) in [5, 5.41) is 11.0. The van der Waals surface area contributed by atoms with Crippen molar-refractivity contribution in [3.63, 3.8) is 0 Å². The molecule has 25 heavy (non-hydrogen) atoms. The van der Waals surface area contributed by atoms with Crippen LogP contribution in [0.4, 0.5) is 0 Å². The van der Waals surface area contributed by atoms with E-state index < -0.39 is 6.10 Å². The highest BCUT2D eigenvalue weighted by molar-refractivity contribution is 5.29. The lowest BCUT2D eigenvalue weighted by Crippen LogP contribution is -2.12. The van der Waals surface area contributed by atoms with E-state index in [0.717, 1.165) is 24.2 Å². The molecule has 0 saturated carbocycles. The number of benzene rings is 3. The molecule has 3 rings (SSSR count). The van der Waals surface area contributed by atoms with Crippen molar-refractivity contribution in [2.24, 2.45) is 0 Å². The normalized spacial score (nSPS) is 13.2. The van der Waals surface area contributed by atoms with Crippen molar-refractivity contribution in [1.82, 2.24) is 0 Å². The van der Waals surface area contributed by atoms with Crippen LogP contribution < -0.4 is 4.74 Å². The fourth-order valence-electron chi connectivity index (χ4n) is 3.20. The molecule has 2 atom stereocenters. The first kappa shape index (κ1) is 17.2. The van der Waals surface area contributed by atoms with E-state index in [2.05, 4.69) is 24.3 Å². The molecule has 1 N–H and O–H groups in total. The van der Waals surface area contributed by atoms with Gasteiger partial charge in [-0.2, -0.15) is 0 Å².